The molecule has 1 heterocycles. The van der Waals surface area contributed by atoms with E-state index in [2.05, 4.69) is 10.6 Å². The van der Waals surface area contributed by atoms with Gasteiger partial charge in [0.25, 0.3) is 5.91 Å². The number of nitrogens with one attached hydrogen (secondary N) is 2. The molecule has 7 nitrogen and oxygen atoms in total. The molecule has 1 aromatic carbocycles. The Morgan fingerprint density at radius 1 is 1.24 bits per heavy atom. The topological polar surface area (TPSA) is 87.7 Å². The van der Waals surface area contributed by atoms with Gasteiger partial charge in [0.15, 0.2) is 0 Å². The van der Waals surface area contributed by atoms with Crippen molar-refractivity contribution >= 4 is 45.7 Å². The summed E-state index contributed by atoms with van der Waals surface area (Å²) >= 11 is 7.22. The number of hydrogen-bond donors (Lipinski definition) is 2. The molecule has 9 heteroatoms. The van der Waals surface area contributed by atoms with Crippen molar-refractivity contribution < 1.29 is 19.1 Å². The fraction of sp³-hybridized carbons (Fsp3) is 0.350. The van der Waals surface area contributed by atoms with Crippen LogP contribution in [0.5, 0.6) is 0 Å². The van der Waals surface area contributed by atoms with Gasteiger partial charge in [-0.05, 0) is 38.1 Å². The zero-order chi connectivity index (χ0) is 21.6. The lowest BCUT2D eigenvalue weighted by Gasteiger charge is -2.17. The third kappa shape index (κ3) is 5.79. The van der Waals surface area contributed by atoms with E-state index in [0.717, 1.165) is 16.9 Å². The SMILES string of the molecule is CCOC(=O)c1c(NC(=O)CN(C)Cc2ccccc2Cl)sc(C(=O)NC)c1C. The molecule has 29 heavy (non-hydrogen) atoms. The molecule has 0 aliphatic carbocycles. The Balaban J connectivity index is 2.16. The van der Waals surface area contributed by atoms with Gasteiger partial charge >= 0.3 is 5.97 Å². The van der Waals surface area contributed by atoms with Gasteiger partial charge < -0.3 is 15.4 Å². The molecule has 2 rings (SSSR count). The zero-order valence-electron chi connectivity index (χ0n) is 16.8. The first kappa shape index (κ1) is 22.9. The first-order chi connectivity index (χ1) is 13.8. The Morgan fingerprint density at radius 3 is 2.55 bits per heavy atom. The number of rotatable bonds is 8. The Kier molecular flexibility index (Phi) is 8.19. The highest BCUT2D eigenvalue weighted by molar-refractivity contribution is 7.18. The third-order valence-corrected chi connectivity index (χ3v) is 5.70. The number of hydrogen-bond acceptors (Lipinski definition) is 6. The molecule has 0 fully saturated rings. The number of likely N-dealkylation sites (N-methyl/N-ethyl adjacent to an activating group) is 1. The Bertz CT molecular complexity index is 913. The maximum absolute atomic E-state index is 12.6. The molecule has 0 aliphatic heterocycles. The number of anilines is 1. The molecule has 0 saturated heterocycles. The van der Waals surface area contributed by atoms with E-state index in [1.807, 2.05) is 18.2 Å². The highest BCUT2D eigenvalue weighted by Gasteiger charge is 2.26. The summed E-state index contributed by atoms with van der Waals surface area (Å²) in [4.78, 5) is 39.2. The largest absolute Gasteiger partial charge is 0.462 e. The maximum atomic E-state index is 12.6. The van der Waals surface area contributed by atoms with Gasteiger partial charge in [0.2, 0.25) is 5.91 Å². The van der Waals surface area contributed by atoms with Crippen LogP contribution in [0.2, 0.25) is 5.02 Å². The van der Waals surface area contributed by atoms with E-state index in [1.165, 1.54) is 7.05 Å². The average Bonchev–Trinajstić information content (AvgIpc) is 2.98. The average molecular weight is 438 g/mol. The van der Waals surface area contributed by atoms with Crippen LogP contribution in [0, 0.1) is 6.92 Å². The fourth-order valence-corrected chi connectivity index (χ4v) is 4.12. The number of carbonyl (C=O) groups is 3. The molecule has 156 valence electrons. The van der Waals surface area contributed by atoms with Crippen LogP contribution in [0.3, 0.4) is 0 Å². The number of amides is 2. The molecule has 2 aromatic rings. The van der Waals surface area contributed by atoms with Crippen molar-refractivity contribution in [3.63, 3.8) is 0 Å². The number of esters is 1. The van der Waals surface area contributed by atoms with Crippen molar-refractivity contribution in [2.24, 2.45) is 0 Å². The van der Waals surface area contributed by atoms with Crippen molar-refractivity contribution in [1.82, 2.24) is 10.2 Å². The number of thiophene rings is 1. The van der Waals surface area contributed by atoms with Crippen molar-refractivity contribution in [3.05, 3.63) is 50.9 Å². The fourth-order valence-electron chi connectivity index (χ4n) is 2.77. The van der Waals surface area contributed by atoms with Crippen LogP contribution in [0.15, 0.2) is 24.3 Å². The van der Waals surface area contributed by atoms with E-state index >= 15 is 0 Å². The third-order valence-electron chi connectivity index (χ3n) is 4.12. The molecular weight excluding hydrogens is 414 g/mol. The van der Waals surface area contributed by atoms with Crippen molar-refractivity contribution in [3.8, 4) is 0 Å². The van der Waals surface area contributed by atoms with Crippen LogP contribution in [-0.2, 0) is 16.1 Å². The lowest BCUT2D eigenvalue weighted by molar-refractivity contribution is -0.117. The normalized spacial score (nSPS) is 10.7. The standard InChI is InChI=1S/C20H24ClN3O4S/c1-5-28-20(27)16-12(2)17(18(26)22-3)29-19(16)23-15(25)11-24(4)10-13-8-6-7-9-14(13)21/h6-9H,5,10-11H2,1-4H3,(H,22,26)(H,23,25). The van der Waals surface area contributed by atoms with Crippen LogP contribution in [0.4, 0.5) is 5.00 Å². The van der Waals surface area contributed by atoms with Gasteiger partial charge in [0, 0.05) is 18.6 Å². The summed E-state index contributed by atoms with van der Waals surface area (Å²) in [6, 6.07) is 7.42. The minimum atomic E-state index is -0.573. The van der Waals surface area contributed by atoms with Crippen LogP contribution in [0.1, 0.15) is 38.1 Å². The van der Waals surface area contributed by atoms with Crippen molar-refractivity contribution in [1.29, 1.82) is 0 Å². The lowest BCUT2D eigenvalue weighted by Crippen LogP contribution is -2.30. The number of nitrogens with zero attached hydrogens (tertiary/aromatic N) is 1. The molecule has 0 bridgehead atoms. The molecule has 0 spiro atoms. The van der Waals surface area contributed by atoms with E-state index in [-0.39, 0.29) is 30.5 Å². The monoisotopic (exact) mass is 437 g/mol. The molecule has 0 radical (unpaired) electrons. The Hall–Kier alpha value is -2.42. The zero-order valence-corrected chi connectivity index (χ0v) is 18.4. The van der Waals surface area contributed by atoms with Gasteiger partial charge in [-0.3, -0.25) is 14.5 Å². The first-order valence-electron chi connectivity index (χ1n) is 9.02. The van der Waals surface area contributed by atoms with E-state index in [1.54, 1.807) is 31.9 Å². The molecule has 0 unspecified atom stereocenters. The van der Waals surface area contributed by atoms with Crippen LogP contribution >= 0.6 is 22.9 Å². The smallest absolute Gasteiger partial charge is 0.341 e. The summed E-state index contributed by atoms with van der Waals surface area (Å²) in [7, 11) is 3.30. The molecule has 0 atom stereocenters. The Morgan fingerprint density at radius 2 is 1.93 bits per heavy atom. The minimum absolute atomic E-state index is 0.0831. The van der Waals surface area contributed by atoms with Gasteiger partial charge in [-0.25, -0.2) is 4.79 Å². The molecule has 2 amide bonds. The second-order valence-electron chi connectivity index (χ2n) is 6.37. The lowest BCUT2D eigenvalue weighted by atomic mass is 10.1. The van der Waals surface area contributed by atoms with Gasteiger partial charge in [0.1, 0.15) is 5.00 Å². The summed E-state index contributed by atoms with van der Waals surface area (Å²) in [5.41, 5.74) is 1.59. The minimum Gasteiger partial charge on any atom is -0.462 e. The van der Waals surface area contributed by atoms with Crippen molar-refractivity contribution in [2.75, 3.05) is 32.6 Å². The predicted molar refractivity (Wildman–Crippen MR) is 115 cm³/mol. The van der Waals surface area contributed by atoms with Crippen molar-refractivity contribution in [2.45, 2.75) is 20.4 Å². The van der Waals surface area contributed by atoms with E-state index in [4.69, 9.17) is 16.3 Å². The summed E-state index contributed by atoms with van der Waals surface area (Å²) < 4.78 is 5.09. The van der Waals surface area contributed by atoms with Gasteiger partial charge in [-0.2, -0.15) is 0 Å². The van der Waals surface area contributed by atoms with Crippen LogP contribution in [0.25, 0.3) is 0 Å². The first-order valence-corrected chi connectivity index (χ1v) is 10.2. The number of carbonyl (C=O) groups excluding carboxylic acids is 3. The molecule has 0 aliphatic rings. The maximum Gasteiger partial charge on any atom is 0.341 e. The molecule has 1 aromatic heterocycles. The number of benzene rings is 1. The highest BCUT2D eigenvalue weighted by atomic mass is 35.5. The second kappa shape index (κ2) is 10.4. The summed E-state index contributed by atoms with van der Waals surface area (Å²) in [6.45, 7) is 4.12. The van der Waals surface area contributed by atoms with Gasteiger partial charge in [-0.15, -0.1) is 11.3 Å². The quantitative estimate of drug-likeness (QED) is 0.618. The second-order valence-corrected chi connectivity index (χ2v) is 7.80. The number of ether oxygens (including phenoxy) is 1. The van der Waals surface area contributed by atoms with E-state index in [0.29, 0.717) is 27.0 Å². The Labute approximate surface area is 179 Å². The van der Waals surface area contributed by atoms with E-state index < -0.39 is 5.97 Å². The summed E-state index contributed by atoms with van der Waals surface area (Å²) in [5, 5.41) is 6.22. The number of halogens is 1. The highest BCUT2D eigenvalue weighted by Crippen LogP contribution is 2.33. The van der Waals surface area contributed by atoms with Gasteiger partial charge in [-0.1, -0.05) is 29.8 Å². The molecular formula is C20H24ClN3O4S. The molecule has 2 N–H and O–H groups in total. The van der Waals surface area contributed by atoms with Crippen LogP contribution < -0.4 is 10.6 Å². The molecule has 0 saturated carbocycles. The predicted octanol–water partition coefficient (Wildman–Crippen LogP) is 3.32. The summed E-state index contributed by atoms with van der Waals surface area (Å²) in [5.74, 6) is -1.21. The van der Waals surface area contributed by atoms with Crippen LogP contribution in [-0.4, -0.2) is 49.9 Å². The van der Waals surface area contributed by atoms with Gasteiger partial charge in [0.05, 0.1) is 23.6 Å². The summed E-state index contributed by atoms with van der Waals surface area (Å²) in [6.07, 6.45) is 0. The van der Waals surface area contributed by atoms with E-state index in [9.17, 15) is 14.4 Å².